The monoisotopic (exact) mass is 598 g/mol. The molecule has 0 amide bonds. The molecule has 0 aliphatic rings. The van der Waals surface area contributed by atoms with Crippen molar-refractivity contribution in [3.63, 3.8) is 0 Å². The number of nitrogens with zero attached hydrogens (tertiary/aromatic N) is 2. The van der Waals surface area contributed by atoms with Crippen molar-refractivity contribution in [2.45, 2.75) is 0 Å². The molecule has 3 nitrogen and oxygen atoms in total. The van der Waals surface area contributed by atoms with Gasteiger partial charge in [-0.2, -0.15) is 0 Å². The summed E-state index contributed by atoms with van der Waals surface area (Å²) in [6.07, 6.45) is 1.92. The lowest BCUT2D eigenvalue weighted by molar-refractivity contribution is 0.671. The summed E-state index contributed by atoms with van der Waals surface area (Å²) >= 11 is 0. The zero-order valence-corrected chi connectivity index (χ0v) is 25.3. The molecular formula is C44H26N2O. The molecule has 0 fully saturated rings. The molecular weight excluding hydrogens is 572 g/mol. The Labute approximate surface area is 270 Å². The molecule has 3 heteroatoms. The Morgan fingerprint density at radius 1 is 0.404 bits per heavy atom. The van der Waals surface area contributed by atoms with Gasteiger partial charge in [-0.05, 0) is 38.7 Å². The quantitative estimate of drug-likeness (QED) is 0.190. The minimum Gasteiger partial charge on any atom is -0.455 e. The van der Waals surface area contributed by atoms with E-state index in [1.54, 1.807) is 0 Å². The van der Waals surface area contributed by atoms with E-state index in [-0.39, 0.29) is 0 Å². The van der Waals surface area contributed by atoms with E-state index in [0.717, 1.165) is 77.3 Å². The topological polar surface area (TPSA) is 38.9 Å². The molecule has 10 rings (SSSR count). The van der Waals surface area contributed by atoms with Crippen molar-refractivity contribution >= 4 is 65.3 Å². The largest absolute Gasteiger partial charge is 0.455 e. The van der Waals surface area contributed by atoms with Gasteiger partial charge in [-0.25, -0.2) is 4.98 Å². The van der Waals surface area contributed by atoms with Gasteiger partial charge in [0.25, 0.3) is 0 Å². The second kappa shape index (κ2) is 10.1. The van der Waals surface area contributed by atoms with Crippen molar-refractivity contribution in [2.24, 2.45) is 0 Å². The number of hydrogen-bond acceptors (Lipinski definition) is 3. The fourth-order valence-corrected chi connectivity index (χ4v) is 7.39. The number of hydrogen-bond donors (Lipinski definition) is 0. The van der Waals surface area contributed by atoms with Gasteiger partial charge in [-0.15, -0.1) is 0 Å². The second-order valence-electron chi connectivity index (χ2n) is 12.1. The van der Waals surface area contributed by atoms with Gasteiger partial charge in [-0.3, -0.25) is 4.98 Å². The maximum atomic E-state index is 6.96. The van der Waals surface area contributed by atoms with Crippen LogP contribution < -0.4 is 0 Å². The number of para-hydroxylation sites is 1. The van der Waals surface area contributed by atoms with Gasteiger partial charge in [-0.1, -0.05) is 146 Å². The Kier molecular flexibility index (Phi) is 5.57. The van der Waals surface area contributed by atoms with E-state index in [0.29, 0.717) is 0 Å². The smallest absolute Gasteiger partial charge is 0.143 e. The van der Waals surface area contributed by atoms with Gasteiger partial charge in [0.1, 0.15) is 11.2 Å². The van der Waals surface area contributed by atoms with Gasteiger partial charge >= 0.3 is 0 Å². The van der Waals surface area contributed by atoms with Crippen molar-refractivity contribution in [1.29, 1.82) is 0 Å². The van der Waals surface area contributed by atoms with Crippen LogP contribution in [0.25, 0.3) is 98.8 Å². The number of fused-ring (bicyclic) bond motifs is 11. The Hall–Kier alpha value is -6.32. The SMILES string of the molecule is c1ccc(-c2cccc3c2oc2c(-c4ccccc4-c4cnc5c6ccccc6c6ccccc6c5n4)cc4ccccc4c23)cc1. The van der Waals surface area contributed by atoms with Crippen LogP contribution in [-0.2, 0) is 0 Å². The third-order valence-electron chi connectivity index (χ3n) is 9.50. The van der Waals surface area contributed by atoms with E-state index in [9.17, 15) is 0 Å². The Morgan fingerprint density at radius 3 is 1.79 bits per heavy atom. The summed E-state index contributed by atoms with van der Waals surface area (Å²) in [6, 6.07) is 53.3. The van der Waals surface area contributed by atoms with Crippen LogP contribution >= 0.6 is 0 Å². The average molecular weight is 599 g/mol. The standard InChI is InChI=1S/C44H26N2O/c1-2-13-27(14-3-1)30-23-12-24-37-40-29-16-5-4-15-28(29)25-38(44(40)47-43(30)37)33-19-6-9-20-34(33)39-26-45-41-35-21-10-7-17-31(35)32-18-8-11-22-36(32)42(41)46-39/h1-26H. The predicted octanol–water partition coefficient (Wildman–Crippen LogP) is 12.0. The zero-order chi connectivity index (χ0) is 30.9. The van der Waals surface area contributed by atoms with Gasteiger partial charge in [0, 0.05) is 38.2 Å². The summed E-state index contributed by atoms with van der Waals surface area (Å²) < 4.78 is 6.96. The number of rotatable bonds is 3. The van der Waals surface area contributed by atoms with Crippen molar-refractivity contribution in [3.05, 3.63) is 158 Å². The van der Waals surface area contributed by atoms with Crippen LogP contribution in [0.1, 0.15) is 0 Å². The lowest BCUT2D eigenvalue weighted by Gasteiger charge is -2.13. The molecule has 0 radical (unpaired) electrons. The number of aromatic nitrogens is 2. The molecule has 0 aliphatic heterocycles. The molecule has 0 aliphatic carbocycles. The molecule has 2 aromatic heterocycles. The summed E-state index contributed by atoms with van der Waals surface area (Å²) in [5, 5.41) is 9.17. The van der Waals surface area contributed by atoms with Gasteiger partial charge < -0.3 is 4.42 Å². The Bertz CT molecular complexity index is 2810. The summed E-state index contributed by atoms with van der Waals surface area (Å²) in [4.78, 5) is 10.4. The lowest BCUT2D eigenvalue weighted by atomic mass is 9.92. The maximum Gasteiger partial charge on any atom is 0.143 e. The molecule has 0 bridgehead atoms. The molecule has 8 aromatic carbocycles. The summed E-state index contributed by atoms with van der Waals surface area (Å²) in [6.45, 7) is 0. The molecule has 218 valence electrons. The van der Waals surface area contributed by atoms with Gasteiger partial charge in [0.05, 0.1) is 22.9 Å². The van der Waals surface area contributed by atoms with Crippen LogP contribution in [-0.4, -0.2) is 9.97 Å². The van der Waals surface area contributed by atoms with Crippen LogP contribution in [0.2, 0.25) is 0 Å². The highest BCUT2D eigenvalue weighted by Crippen LogP contribution is 2.45. The minimum atomic E-state index is 0.830. The third-order valence-corrected chi connectivity index (χ3v) is 9.50. The van der Waals surface area contributed by atoms with Crippen LogP contribution in [0, 0.1) is 0 Å². The van der Waals surface area contributed by atoms with Crippen molar-refractivity contribution in [3.8, 4) is 33.5 Å². The minimum absolute atomic E-state index is 0.830. The molecule has 0 N–H and O–H groups in total. The van der Waals surface area contributed by atoms with Crippen LogP contribution in [0.15, 0.2) is 162 Å². The molecule has 2 heterocycles. The lowest BCUT2D eigenvalue weighted by Crippen LogP contribution is -1.94. The average Bonchev–Trinajstić information content (AvgIpc) is 3.55. The molecule has 0 atom stereocenters. The van der Waals surface area contributed by atoms with Crippen molar-refractivity contribution in [1.82, 2.24) is 9.97 Å². The molecule has 0 saturated carbocycles. The summed E-state index contributed by atoms with van der Waals surface area (Å²) in [5.74, 6) is 0. The second-order valence-corrected chi connectivity index (χ2v) is 12.1. The van der Waals surface area contributed by atoms with Gasteiger partial charge in [0.2, 0.25) is 0 Å². The van der Waals surface area contributed by atoms with Crippen molar-refractivity contribution < 1.29 is 4.42 Å². The first-order valence-electron chi connectivity index (χ1n) is 15.9. The van der Waals surface area contributed by atoms with Crippen LogP contribution in [0.5, 0.6) is 0 Å². The van der Waals surface area contributed by atoms with Crippen LogP contribution in [0.4, 0.5) is 0 Å². The van der Waals surface area contributed by atoms with E-state index in [4.69, 9.17) is 14.4 Å². The maximum absolute atomic E-state index is 6.96. The van der Waals surface area contributed by atoms with E-state index in [2.05, 4.69) is 146 Å². The number of furan rings is 1. The fraction of sp³-hybridized carbons (Fsp3) is 0. The highest BCUT2D eigenvalue weighted by atomic mass is 16.3. The van der Waals surface area contributed by atoms with Crippen molar-refractivity contribution in [2.75, 3.05) is 0 Å². The van der Waals surface area contributed by atoms with E-state index < -0.39 is 0 Å². The predicted molar refractivity (Wildman–Crippen MR) is 196 cm³/mol. The molecule has 10 aromatic rings. The first-order valence-corrected chi connectivity index (χ1v) is 15.9. The van der Waals surface area contributed by atoms with Crippen LogP contribution in [0.3, 0.4) is 0 Å². The van der Waals surface area contributed by atoms with E-state index >= 15 is 0 Å². The summed E-state index contributed by atoms with van der Waals surface area (Å²) in [7, 11) is 0. The molecule has 0 spiro atoms. The fourth-order valence-electron chi connectivity index (χ4n) is 7.39. The van der Waals surface area contributed by atoms with E-state index in [1.807, 2.05) is 12.3 Å². The highest BCUT2D eigenvalue weighted by molar-refractivity contribution is 6.25. The zero-order valence-electron chi connectivity index (χ0n) is 25.3. The Morgan fingerprint density at radius 2 is 1.00 bits per heavy atom. The first-order chi connectivity index (χ1) is 23.3. The highest BCUT2D eigenvalue weighted by Gasteiger charge is 2.21. The third kappa shape index (κ3) is 3.87. The number of benzene rings is 8. The Balaban J connectivity index is 1.27. The molecule has 0 unspecified atom stereocenters. The van der Waals surface area contributed by atoms with E-state index in [1.165, 1.54) is 21.5 Å². The molecule has 47 heavy (non-hydrogen) atoms. The molecule has 0 saturated heterocycles. The summed E-state index contributed by atoms with van der Waals surface area (Å²) in [5.41, 5.74) is 9.75. The normalized spacial score (nSPS) is 11.8. The first kappa shape index (κ1) is 26.0. The van der Waals surface area contributed by atoms with Gasteiger partial charge in [0.15, 0.2) is 0 Å².